The summed E-state index contributed by atoms with van der Waals surface area (Å²) in [5.74, 6) is 0. The fourth-order valence-electron chi connectivity index (χ4n) is 1.07. The summed E-state index contributed by atoms with van der Waals surface area (Å²) < 4.78 is 0. The highest BCUT2D eigenvalue weighted by Crippen LogP contribution is 2.29. The van der Waals surface area contributed by atoms with Crippen LogP contribution < -0.4 is 0 Å². The summed E-state index contributed by atoms with van der Waals surface area (Å²) in [6.07, 6.45) is 1.94. The van der Waals surface area contributed by atoms with Crippen molar-refractivity contribution in [3.05, 3.63) is 28.7 Å². The number of hydrogen-bond acceptors (Lipinski definition) is 2. The Morgan fingerprint density at radius 3 is 2.67 bits per heavy atom. The van der Waals surface area contributed by atoms with Crippen molar-refractivity contribution in [2.24, 2.45) is 0 Å². The normalized spacial score (nSPS) is 9.50. The molecule has 0 saturated carbocycles. The molecule has 1 rings (SSSR count). The van der Waals surface area contributed by atoms with Crippen molar-refractivity contribution >= 4 is 17.4 Å². The molecule has 2 nitrogen and oxygen atoms in total. The van der Waals surface area contributed by atoms with Crippen LogP contribution in [0.2, 0.25) is 0 Å². The number of aryl methyl sites for hydroxylation is 2. The largest absolute Gasteiger partial charge is 0.259 e. The second-order valence-corrected chi connectivity index (χ2v) is 3.35. The van der Waals surface area contributed by atoms with E-state index in [1.54, 1.807) is 0 Å². The van der Waals surface area contributed by atoms with Crippen LogP contribution in [0.15, 0.2) is 11.1 Å². The summed E-state index contributed by atoms with van der Waals surface area (Å²) in [5.41, 5.74) is 2.68. The van der Waals surface area contributed by atoms with E-state index < -0.39 is 0 Å². The van der Waals surface area contributed by atoms with Gasteiger partial charge in [-0.1, -0.05) is 0 Å². The molecule has 0 aliphatic heterocycles. The van der Waals surface area contributed by atoms with Gasteiger partial charge in [-0.25, -0.2) is 4.85 Å². The van der Waals surface area contributed by atoms with Crippen LogP contribution >= 0.6 is 11.8 Å². The maximum Gasteiger partial charge on any atom is 0.221 e. The lowest BCUT2D eigenvalue weighted by Gasteiger charge is -2.03. The molecule has 62 valence electrons. The molecule has 0 unspecified atom stereocenters. The molecule has 0 amide bonds. The molecular formula is C9H10N2S. The molecule has 0 aliphatic rings. The van der Waals surface area contributed by atoms with Crippen LogP contribution in [0.5, 0.6) is 0 Å². The number of nitrogens with zero attached hydrogens (tertiary/aromatic N) is 2. The summed E-state index contributed by atoms with van der Waals surface area (Å²) in [7, 11) is 0. The monoisotopic (exact) mass is 178 g/mol. The van der Waals surface area contributed by atoms with Gasteiger partial charge in [-0.3, -0.25) is 4.98 Å². The third-order valence-corrected chi connectivity index (χ3v) is 2.26. The van der Waals surface area contributed by atoms with Crippen molar-refractivity contribution in [2.75, 3.05) is 6.26 Å². The number of hydrogen-bond donors (Lipinski definition) is 0. The molecule has 3 heteroatoms. The zero-order valence-corrected chi connectivity index (χ0v) is 8.20. The third-order valence-electron chi connectivity index (χ3n) is 1.58. The van der Waals surface area contributed by atoms with E-state index >= 15 is 0 Å². The van der Waals surface area contributed by atoms with Gasteiger partial charge < -0.3 is 0 Å². The quantitative estimate of drug-likeness (QED) is 0.486. The molecule has 0 N–H and O–H groups in total. The van der Waals surface area contributed by atoms with E-state index in [1.165, 1.54) is 11.8 Å². The summed E-state index contributed by atoms with van der Waals surface area (Å²) in [5, 5.41) is 0.836. The predicted molar refractivity (Wildman–Crippen MR) is 51.8 cm³/mol. The van der Waals surface area contributed by atoms with Gasteiger partial charge in [-0.05, 0) is 31.7 Å². The highest BCUT2D eigenvalue weighted by Gasteiger charge is 2.06. The maximum absolute atomic E-state index is 6.97. The Morgan fingerprint density at radius 1 is 1.50 bits per heavy atom. The minimum atomic E-state index is 0.688. The molecule has 0 radical (unpaired) electrons. The zero-order chi connectivity index (χ0) is 9.14. The van der Waals surface area contributed by atoms with E-state index in [0.717, 1.165) is 16.3 Å². The predicted octanol–water partition coefficient (Wildman–Crippen LogP) is 2.97. The Hall–Kier alpha value is -1.01. The first kappa shape index (κ1) is 9.08. The van der Waals surface area contributed by atoms with Crippen LogP contribution in [0.3, 0.4) is 0 Å². The molecule has 12 heavy (non-hydrogen) atoms. The molecule has 0 spiro atoms. The Balaban J connectivity index is 3.36. The number of aromatic nitrogens is 1. The first-order valence-electron chi connectivity index (χ1n) is 3.58. The van der Waals surface area contributed by atoms with E-state index in [4.69, 9.17) is 6.57 Å². The van der Waals surface area contributed by atoms with E-state index in [-0.39, 0.29) is 0 Å². The lowest BCUT2D eigenvalue weighted by atomic mass is 10.2. The van der Waals surface area contributed by atoms with Crippen molar-refractivity contribution in [3.63, 3.8) is 0 Å². The molecule has 0 bridgehead atoms. The van der Waals surface area contributed by atoms with Crippen molar-refractivity contribution in [1.82, 2.24) is 4.98 Å². The molecule has 0 aliphatic carbocycles. The second kappa shape index (κ2) is 3.59. The van der Waals surface area contributed by atoms with E-state index in [0.29, 0.717) is 5.69 Å². The molecule has 0 aromatic carbocycles. The molecule has 1 aromatic heterocycles. The Kier molecular flexibility index (Phi) is 2.72. The SMILES string of the molecule is [C-]#[N+]c1c(C)cc(C)nc1SC. The fraction of sp³-hybridized carbons (Fsp3) is 0.333. The lowest BCUT2D eigenvalue weighted by Crippen LogP contribution is -1.87. The number of thioether (sulfide) groups is 1. The van der Waals surface area contributed by atoms with Crippen LogP contribution in [-0.4, -0.2) is 11.2 Å². The third kappa shape index (κ3) is 1.59. The van der Waals surface area contributed by atoms with Crippen molar-refractivity contribution < 1.29 is 0 Å². The summed E-state index contributed by atoms with van der Waals surface area (Å²) >= 11 is 1.52. The highest BCUT2D eigenvalue weighted by atomic mass is 32.2. The summed E-state index contributed by atoms with van der Waals surface area (Å²) in [6, 6.07) is 1.94. The van der Waals surface area contributed by atoms with Crippen molar-refractivity contribution in [2.45, 2.75) is 18.9 Å². The zero-order valence-electron chi connectivity index (χ0n) is 7.38. The first-order valence-corrected chi connectivity index (χ1v) is 4.81. The topological polar surface area (TPSA) is 17.2 Å². The van der Waals surface area contributed by atoms with Crippen LogP contribution in [0.25, 0.3) is 4.85 Å². The summed E-state index contributed by atoms with van der Waals surface area (Å²) in [4.78, 5) is 7.72. The lowest BCUT2D eigenvalue weighted by molar-refractivity contribution is 1.06. The van der Waals surface area contributed by atoms with Crippen LogP contribution in [0, 0.1) is 20.4 Å². The van der Waals surface area contributed by atoms with Gasteiger partial charge in [0.05, 0.1) is 6.57 Å². The molecule has 0 atom stereocenters. The number of pyridine rings is 1. The van der Waals surface area contributed by atoms with Crippen LogP contribution in [0.1, 0.15) is 11.3 Å². The van der Waals surface area contributed by atoms with Crippen molar-refractivity contribution in [1.29, 1.82) is 0 Å². The van der Waals surface area contributed by atoms with E-state index in [1.807, 2.05) is 26.2 Å². The van der Waals surface area contributed by atoms with Gasteiger partial charge in [0.1, 0.15) is 5.03 Å². The second-order valence-electron chi connectivity index (χ2n) is 2.55. The van der Waals surface area contributed by atoms with Gasteiger partial charge in [-0.15, -0.1) is 11.8 Å². The fourth-order valence-corrected chi connectivity index (χ4v) is 1.71. The molecule has 0 fully saturated rings. The van der Waals surface area contributed by atoms with Gasteiger partial charge >= 0.3 is 0 Å². The van der Waals surface area contributed by atoms with Crippen LogP contribution in [0.4, 0.5) is 5.69 Å². The molecule has 1 aromatic rings. The van der Waals surface area contributed by atoms with Gasteiger partial charge in [0.15, 0.2) is 0 Å². The van der Waals surface area contributed by atoms with Gasteiger partial charge in [0, 0.05) is 5.69 Å². The Labute approximate surface area is 76.8 Å². The first-order chi connectivity index (χ1) is 5.69. The minimum Gasteiger partial charge on any atom is -0.259 e. The molecule has 1 heterocycles. The highest BCUT2D eigenvalue weighted by molar-refractivity contribution is 7.98. The van der Waals surface area contributed by atoms with Gasteiger partial charge in [0.25, 0.3) is 0 Å². The smallest absolute Gasteiger partial charge is 0.221 e. The summed E-state index contributed by atoms with van der Waals surface area (Å²) in [6.45, 7) is 10.9. The van der Waals surface area contributed by atoms with E-state index in [2.05, 4.69) is 9.83 Å². The van der Waals surface area contributed by atoms with Crippen molar-refractivity contribution in [3.8, 4) is 0 Å². The van der Waals surface area contributed by atoms with Gasteiger partial charge in [-0.2, -0.15) is 0 Å². The van der Waals surface area contributed by atoms with Gasteiger partial charge in [0.2, 0.25) is 5.69 Å². The average Bonchev–Trinajstić information content (AvgIpc) is 2.03. The standard InChI is InChI=1S/C9H10N2S/c1-6-5-7(2)11-9(12-4)8(6)10-3/h5H,1-2,4H3. The molecular weight excluding hydrogens is 168 g/mol. The Morgan fingerprint density at radius 2 is 2.17 bits per heavy atom. The molecule has 0 saturated heterocycles. The van der Waals surface area contributed by atoms with Crippen LogP contribution in [-0.2, 0) is 0 Å². The Bertz CT molecular complexity index is 339. The number of rotatable bonds is 1. The average molecular weight is 178 g/mol. The maximum atomic E-state index is 6.97. The minimum absolute atomic E-state index is 0.688. The van der Waals surface area contributed by atoms with E-state index in [9.17, 15) is 0 Å².